The maximum Gasteiger partial charge on any atom is 0.307 e. The summed E-state index contributed by atoms with van der Waals surface area (Å²) in [6, 6.07) is 17.5. The SMILES string of the molecule is CC1(C)CN(c2cccc(CC(=O)O)c2)c2cc(N)c(C=N)cc2N1c1ccc(F)cc1. The highest BCUT2D eigenvalue weighted by Gasteiger charge is 2.38. The monoisotopic (exact) mass is 432 g/mol. The highest BCUT2D eigenvalue weighted by Crippen LogP contribution is 2.48. The molecule has 164 valence electrons. The van der Waals surface area contributed by atoms with E-state index in [-0.39, 0.29) is 12.2 Å². The van der Waals surface area contributed by atoms with E-state index in [1.165, 1.54) is 18.3 Å². The van der Waals surface area contributed by atoms with Crippen molar-refractivity contribution in [3.63, 3.8) is 0 Å². The van der Waals surface area contributed by atoms with Crippen molar-refractivity contribution >= 4 is 40.6 Å². The molecule has 6 nitrogen and oxygen atoms in total. The summed E-state index contributed by atoms with van der Waals surface area (Å²) in [4.78, 5) is 15.5. The van der Waals surface area contributed by atoms with Gasteiger partial charge in [0.2, 0.25) is 0 Å². The molecule has 0 spiro atoms. The van der Waals surface area contributed by atoms with E-state index in [1.807, 2.05) is 30.3 Å². The predicted molar refractivity (Wildman–Crippen MR) is 126 cm³/mol. The Bertz CT molecular complexity index is 1190. The molecule has 1 heterocycles. The molecule has 0 aliphatic carbocycles. The second kappa shape index (κ2) is 8.00. The van der Waals surface area contributed by atoms with Crippen LogP contribution in [0.2, 0.25) is 0 Å². The molecule has 3 aromatic carbocycles. The highest BCUT2D eigenvalue weighted by molar-refractivity contribution is 5.95. The lowest BCUT2D eigenvalue weighted by Gasteiger charge is -2.50. The third-order valence-electron chi connectivity index (χ3n) is 5.68. The molecule has 0 aromatic heterocycles. The summed E-state index contributed by atoms with van der Waals surface area (Å²) >= 11 is 0. The first kappa shape index (κ1) is 21.4. The number of carboxylic acid groups (broad SMARTS) is 1. The zero-order valence-corrected chi connectivity index (χ0v) is 18.0. The number of nitrogens with zero attached hydrogens (tertiary/aromatic N) is 2. The molecule has 32 heavy (non-hydrogen) atoms. The second-order valence-corrected chi connectivity index (χ2v) is 8.57. The van der Waals surface area contributed by atoms with Crippen molar-refractivity contribution in [2.75, 3.05) is 22.1 Å². The number of nitrogens with one attached hydrogen (secondary N) is 1. The van der Waals surface area contributed by atoms with Gasteiger partial charge >= 0.3 is 5.97 Å². The molecule has 1 aliphatic heterocycles. The van der Waals surface area contributed by atoms with Crippen LogP contribution < -0.4 is 15.5 Å². The van der Waals surface area contributed by atoms with Gasteiger partial charge in [-0.3, -0.25) is 4.79 Å². The summed E-state index contributed by atoms with van der Waals surface area (Å²) in [6.07, 6.45) is 1.16. The van der Waals surface area contributed by atoms with Crippen LogP contribution >= 0.6 is 0 Å². The van der Waals surface area contributed by atoms with Crippen LogP contribution in [0.1, 0.15) is 25.0 Å². The van der Waals surface area contributed by atoms with Gasteiger partial charge in [0.25, 0.3) is 0 Å². The quantitative estimate of drug-likeness (QED) is 0.385. The minimum Gasteiger partial charge on any atom is -0.481 e. The van der Waals surface area contributed by atoms with Gasteiger partial charge in [0, 0.05) is 35.4 Å². The first-order valence-corrected chi connectivity index (χ1v) is 10.3. The average molecular weight is 432 g/mol. The van der Waals surface area contributed by atoms with Gasteiger partial charge in [-0.05, 0) is 67.9 Å². The number of halogens is 1. The molecule has 0 atom stereocenters. The summed E-state index contributed by atoms with van der Waals surface area (Å²) in [5.41, 5.74) is 11.0. The van der Waals surface area contributed by atoms with Gasteiger partial charge in [-0.1, -0.05) is 12.1 Å². The summed E-state index contributed by atoms with van der Waals surface area (Å²) in [5.74, 6) is -1.19. The maximum absolute atomic E-state index is 13.6. The van der Waals surface area contributed by atoms with E-state index < -0.39 is 11.5 Å². The second-order valence-electron chi connectivity index (χ2n) is 8.57. The number of nitrogens with two attached hydrogens (primary N) is 1. The van der Waals surface area contributed by atoms with Crippen molar-refractivity contribution in [3.8, 4) is 0 Å². The molecule has 0 amide bonds. The van der Waals surface area contributed by atoms with Crippen molar-refractivity contribution in [3.05, 3.63) is 77.6 Å². The first-order valence-electron chi connectivity index (χ1n) is 10.3. The van der Waals surface area contributed by atoms with Crippen molar-refractivity contribution in [1.29, 1.82) is 5.41 Å². The molecule has 0 fully saturated rings. The van der Waals surface area contributed by atoms with Gasteiger partial charge in [-0.25, -0.2) is 4.39 Å². The Kier molecular flexibility index (Phi) is 5.34. The Balaban J connectivity index is 1.91. The van der Waals surface area contributed by atoms with E-state index in [0.717, 1.165) is 22.7 Å². The molecule has 0 saturated heterocycles. The Morgan fingerprint density at radius 2 is 1.84 bits per heavy atom. The molecule has 4 rings (SSSR count). The summed E-state index contributed by atoms with van der Waals surface area (Å²) < 4.78 is 13.6. The van der Waals surface area contributed by atoms with E-state index in [4.69, 9.17) is 11.1 Å². The predicted octanol–water partition coefficient (Wildman–Crippen LogP) is 5.10. The number of anilines is 5. The molecule has 0 radical (unpaired) electrons. The normalized spacial score (nSPS) is 14.7. The van der Waals surface area contributed by atoms with Crippen LogP contribution in [0, 0.1) is 11.2 Å². The molecule has 4 N–H and O–H groups in total. The van der Waals surface area contributed by atoms with Crippen LogP contribution in [-0.2, 0) is 11.2 Å². The van der Waals surface area contributed by atoms with Crippen LogP contribution in [0.4, 0.5) is 32.8 Å². The number of rotatable bonds is 5. The van der Waals surface area contributed by atoms with Crippen molar-refractivity contribution in [2.45, 2.75) is 25.8 Å². The van der Waals surface area contributed by atoms with Gasteiger partial charge in [0.15, 0.2) is 0 Å². The van der Waals surface area contributed by atoms with E-state index in [1.54, 1.807) is 18.2 Å². The van der Waals surface area contributed by atoms with Gasteiger partial charge in [0.05, 0.1) is 23.3 Å². The van der Waals surface area contributed by atoms with Gasteiger partial charge < -0.3 is 26.0 Å². The fraction of sp³-hybridized carbons (Fsp3) is 0.200. The van der Waals surface area contributed by atoms with E-state index in [9.17, 15) is 14.3 Å². The van der Waals surface area contributed by atoms with E-state index in [2.05, 4.69) is 23.6 Å². The lowest BCUT2D eigenvalue weighted by atomic mass is 9.92. The van der Waals surface area contributed by atoms with Crippen LogP contribution in [0.3, 0.4) is 0 Å². The molecule has 1 aliphatic rings. The van der Waals surface area contributed by atoms with Gasteiger partial charge in [0.1, 0.15) is 5.82 Å². The van der Waals surface area contributed by atoms with Crippen LogP contribution in [0.5, 0.6) is 0 Å². The number of fused-ring (bicyclic) bond motifs is 1. The largest absolute Gasteiger partial charge is 0.481 e. The molecule has 0 saturated carbocycles. The minimum atomic E-state index is -0.885. The smallest absolute Gasteiger partial charge is 0.307 e. The molecular formula is C25H25FN4O2. The molecule has 7 heteroatoms. The zero-order chi connectivity index (χ0) is 23.0. The van der Waals surface area contributed by atoms with Crippen LogP contribution in [0.25, 0.3) is 0 Å². The fourth-order valence-corrected chi connectivity index (χ4v) is 4.32. The Morgan fingerprint density at radius 3 is 2.50 bits per heavy atom. The summed E-state index contributed by atoms with van der Waals surface area (Å²) in [7, 11) is 0. The molecule has 0 unspecified atom stereocenters. The Hall–Kier alpha value is -3.87. The van der Waals surface area contributed by atoms with E-state index in [0.29, 0.717) is 23.4 Å². The third-order valence-corrected chi connectivity index (χ3v) is 5.68. The van der Waals surface area contributed by atoms with Gasteiger partial charge in [-0.15, -0.1) is 0 Å². The number of carboxylic acids is 1. The standard InChI is InChI=1S/C25H25FN4O2/c1-25(2)15-29(20-5-3-4-16(10-20)11-24(31)32)22-13-21(28)17(14-27)12-23(22)30(25)19-8-6-18(26)7-9-19/h3-10,12-14,27H,11,15,28H2,1-2H3,(H,31,32). The Labute approximate surface area is 186 Å². The van der Waals surface area contributed by atoms with Gasteiger partial charge in [-0.2, -0.15) is 0 Å². The number of aliphatic carboxylic acids is 1. The molecular weight excluding hydrogens is 407 g/mol. The number of benzene rings is 3. The molecule has 0 bridgehead atoms. The van der Waals surface area contributed by atoms with Crippen molar-refractivity contribution in [1.82, 2.24) is 0 Å². The fourth-order valence-electron chi connectivity index (χ4n) is 4.32. The van der Waals surface area contributed by atoms with Crippen molar-refractivity contribution in [2.24, 2.45) is 0 Å². The van der Waals surface area contributed by atoms with Crippen LogP contribution in [-0.4, -0.2) is 29.4 Å². The number of carbonyl (C=O) groups is 1. The zero-order valence-electron chi connectivity index (χ0n) is 18.0. The Morgan fingerprint density at radius 1 is 1.12 bits per heavy atom. The van der Waals surface area contributed by atoms with E-state index >= 15 is 0 Å². The highest BCUT2D eigenvalue weighted by atomic mass is 19.1. The summed E-state index contributed by atoms with van der Waals surface area (Å²) in [5, 5.41) is 17.0. The van der Waals surface area contributed by atoms with Crippen molar-refractivity contribution < 1.29 is 14.3 Å². The topological polar surface area (TPSA) is 93.6 Å². The average Bonchev–Trinajstić information content (AvgIpc) is 2.73. The lowest BCUT2D eigenvalue weighted by Crippen LogP contribution is -2.52. The minimum absolute atomic E-state index is 0.0610. The first-order chi connectivity index (χ1) is 15.2. The summed E-state index contributed by atoms with van der Waals surface area (Å²) in [6.45, 7) is 4.76. The lowest BCUT2D eigenvalue weighted by molar-refractivity contribution is -0.136. The maximum atomic E-state index is 13.6. The number of nitrogen functional groups attached to an aromatic ring is 1. The van der Waals surface area contributed by atoms with Crippen LogP contribution in [0.15, 0.2) is 60.7 Å². The number of hydrogen-bond acceptors (Lipinski definition) is 5. The third kappa shape index (κ3) is 3.89. The molecule has 3 aromatic rings. The number of hydrogen-bond donors (Lipinski definition) is 3.